The van der Waals surface area contributed by atoms with Crippen LogP contribution in [-0.2, 0) is 0 Å². The molecule has 1 aliphatic rings. The van der Waals surface area contributed by atoms with Gasteiger partial charge in [0.1, 0.15) is 0 Å². The Hall–Kier alpha value is -0.800. The number of hydrogen-bond donors (Lipinski definition) is 0. The molecule has 0 aliphatic carbocycles. The fourth-order valence-corrected chi connectivity index (χ4v) is 2.85. The Labute approximate surface area is 117 Å². The number of aromatic nitrogens is 1. The van der Waals surface area contributed by atoms with Gasteiger partial charge in [-0.3, -0.25) is 9.78 Å². The molecule has 2 heterocycles. The van der Waals surface area contributed by atoms with Crippen molar-refractivity contribution < 1.29 is 4.79 Å². The van der Waals surface area contributed by atoms with Crippen molar-refractivity contribution in [3.8, 4) is 0 Å². The molecule has 0 radical (unpaired) electrons. The fourth-order valence-electron chi connectivity index (χ4n) is 2.40. The van der Waals surface area contributed by atoms with E-state index in [9.17, 15) is 4.79 Å². The van der Waals surface area contributed by atoms with E-state index in [0.29, 0.717) is 16.5 Å². The maximum absolute atomic E-state index is 12.5. The average Bonchev–Trinajstić information content (AvgIpc) is 2.40. The standard InChI is InChI=1S/C13H16Cl2N2O/c14-6-4-10-3-1-2-8-17(10)13(18)11-5-7-16-9-12(11)15/h5,7,9-10H,1-4,6,8H2. The van der Waals surface area contributed by atoms with Gasteiger partial charge in [0.2, 0.25) is 0 Å². The number of pyridine rings is 1. The highest BCUT2D eigenvalue weighted by Gasteiger charge is 2.27. The summed E-state index contributed by atoms with van der Waals surface area (Å²) in [6.45, 7) is 0.791. The largest absolute Gasteiger partial charge is 0.336 e. The van der Waals surface area contributed by atoms with Gasteiger partial charge in [0, 0.05) is 30.9 Å². The van der Waals surface area contributed by atoms with Crippen molar-refractivity contribution in [2.75, 3.05) is 12.4 Å². The third-order valence-corrected chi connectivity index (χ3v) is 3.85. The van der Waals surface area contributed by atoms with Crippen LogP contribution >= 0.6 is 23.2 Å². The van der Waals surface area contributed by atoms with Crippen LogP contribution in [0.5, 0.6) is 0 Å². The zero-order valence-electron chi connectivity index (χ0n) is 10.1. The van der Waals surface area contributed by atoms with E-state index in [1.807, 2.05) is 4.90 Å². The number of alkyl halides is 1. The second-order valence-electron chi connectivity index (χ2n) is 4.48. The summed E-state index contributed by atoms with van der Waals surface area (Å²) in [5.41, 5.74) is 0.535. The van der Waals surface area contributed by atoms with Gasteiger partial charge in [-0.15, -0.1) is 11.6 Å². The third kappa shape index (κ3) is 2.96. The summed E-state index contributed by atoms with van der Waals surface area (Å²) in [4.78, 5) is 18.3. The van der Waals surface area contributed by atoms with Gasteiger partial charge in [0.25, 0.3) is 5.91 Å². The minimum atomic E-state index is -0.00258. The Morgan fingerprint density at radius 3 is 3.06 bits per heavy atom. The van der Waals surface area contributed by atoms with Crippen LogP contribution in [0.15, 0.2) is 18.5 Å². The molecule has 18 heavy (non-hydrogen) atoms. The minimum absolute atomic E-state index is 0.00258. The average molecular weight is 287 g/mol. The van der Waals surface area contributed by atoms with E-state index in [2.05, 4.69) is 4.98 Å². The molecule has 1 saturated heterocycles. The monoisotopic (exact) mass is 286 g/mol. The molecular formula is C13H16Cl2N2O. The first-order valence-electron chi connectivity index (χ1n) is 6.20. The van der Waals surface area contributed by atoms with Crippen molar-refractivity contribution in [3.05, 3.63) is 29.0 Å². The second kappa shape index (κ2) is 6.39. The number of hydrogen-bond acceptors (Lipinski definition) is 2. The lowest BCUT2D eigenvalue weighted by Crippen LogP contribution is -2.44. The first-order chi connectivity index (χ1) is 8.74. The van der Waals surface area contributed by atoms with E-state index in [-0.39, 0.29) is 11.9 Å². The van der Waals surface area contributed by atoms with Gasteiger partial charge in [0.15, 0.2) is 0 Å². The van der Waals surface area contributed by atoms with E-state index in [1.54, 1.807) is 12.3 Å². The van der Waals surface area contributed by atoms with Crippen molar-refractivity contribution in [2.45, 2.75) is 31.7 Å². The number of carbonyl (C=O) groups is 1. The van der Waals surface area contributed by atoms with E-state index >= 15 is 0 Å². The predicted octanol–water partition coefficient (Wildman–Crippen LogP) is 3.36. The quantitative estimate of drug-likeness (QED) is 0.799. The van der Waals surface area contributed by atoms with Gasteiger partial charge >= 0.3 is 0 Å². The van der Waals surface area contributed by atoms with E-state index in [1.165, 1.54) is 6.20 Å². The van der Waals surface area contributed by atoms with Gasteiger partial charge in [-0.2, -0.15) is 0 Å². The van der Waals surface area contributed by atoms with Crippen molar-refractivity contribution in [2.24, 2.45) is 0 Å². The van der Waals surface area contributed by atoms with Crippen molar-refractivity contribution in [1.82, 2.24) is 9.88 Å². The molecular weight excluding hydrogens is 271 g/mol. The summed E-state index contributed by atoms with van der Waals surface area (Å²) in [6, 6.07) is 1.92. The Bertz CT molecular complexity index is 423. The van der Waals surface area contributed by atoms with Crippen LogP contribution < -0.4 is 0 Å². The molecule has 5 heteroatoms. The van der Waals surface area contributed by atoms with Crippen LogP contribution in [0, 0.1) is 0 Å². The third-order valence-electron chi connectivity index (χ3n) is 3.33. The summed E-state index contributed by atoms with van der Waals surface area (Å²) < 4.78 is 0. The molecule has 1 unspecified atom stereocenters. The highest BCUT2D eigenvalue weighted by molar-refractivity contribution is 6.33. The predicted molar refractivity (Wildman–Crippen MR) is 73.3 cm³/mol. The van der Waals surface area contributed by atoms with Gasteiger partial charge in [-0.25, -0.2) is 0 Å². The lowest BCUT2D eigenvalue weighted by Gasteiger charge is -2.35. The maximum Gasteiger partial charge on any atom is 0.255 e. The summed E-state index contributed by atoms with van der Waals surface area (Å²) in [5, 5.41) is 0.415. The van der Waals surface area contributed by atoms with E-state index in [4.69, 9.17) is 23.2 Å². The number of piperidine rings is 1. The van der Waals surface area contributed by atoms with Crippen LogP contribution in [0.25, 0.3) is 0 Å². The Balaban J connectivity index is 2.18. The SMILES string of the molecule is O=C(c1ccncc1Cl)N1CCCCC1CCCl. The van der Waals surface area contributed by atoms with Gasteiger partial charge in [0.05, 0.1) is 10.6 Å². The first-order valence-corrected chi connectivity index (χ1v) is 7.11. The first kappa shape index (κ1) is 13.6. The molecule has 1 atom stereocenters. The van der Waals surface area contributed by atoms with Crippen LogP contribution in [0.4, 0.5) is 0 Å². The molecule has 3 nitrogen and oxygen atoms in total. The molecule has 0 N–H and O–H groups in total. The van der Waals surface area contributed by atoms with Gasteiger partial charge in [-0.05, 0) is 31.7 Å². The molecule has 2 rings (SSSR count). The van der Waals surface area contributed by atoms with Crippen molar-refractivity contribution in [1.29, 1.82) is 0 Å². The van der Waals surface area contributed by atoms with Crippen molar-refractivity contribution in [3.63, 3.8) is 0 Å². The molecule has 1 amide bonds. The molecule has 1 fully saturated rings. The van der Waals surface area contributed by atoms with Crippen molar-refractivity contribution >= 4 is 29.1 Å². The Kier molecular flexibility index (Phi) is 4.84. The number of halogens is 2. The fraction of sp³-hybridized carbons (Fsp3) is 0.538. The topological polar surface area (TPSA) is 33.2 Å². The van der Waals surface area contributed by atoms with E-state index in [0.717, 1.165) is 32.2 Å². The molecule has 0 aromatic carbocycles. The lowest BCUT2D eigenvalue weighted by atomic mass is 9.99. The van der Waals surface area contributed by atoms with Gasteiger partial charge in [-0.1, -0.05) is 11.6 Å². The molecule has 98 valence electrons. The number of carbonyl (C=O) groups excluding carboxylic acids is 1. The molecule has 0 bridgehead atoms. The number of likely N-dealkylation sites (tertiary alicyclic amines) is 1. The highest BCUT2D eigenvalue weighted by atomic mass is 35.5. The summed E-state index contributed by atoms with van der Waals surface area (Å²) in [5.74, 6) is 0.579. The maximum atomic E-state index is 12.5. The molecule has 1 aromatic rings. The Morgan fingerprint density at radius 1 is 1.50 bits per heavy atom. The summed E-state index contributed by atoms with van der Waals surface area (Å²) >= 11 is 11.8. The van der Waals surface area contributed by atoms with Gasteiger partial charge < -0.3 is 4.90 Å². The molecule has 1 aromatic heterocycles. The normalized spacial score (nSPS) is 19.9. The number of amides is 1. The van der Waals surface area contributed by atoms with E-state index < -0.39 is 0 Å². The zero-order valence-corrected chi connectivity index (χ0v) is 11.6. The number of nitrogens with zero attached hydrogens (tertiary/aromatic N) is 2. The smallest absolute Gasteiger partial charge is 0.255 e. The van der Waals surface area contributed by atoms with Crippen LogP contribution in [0.1, 0.15) is 36.0 Å². The molecule has 0 saturated carbocycles. The van der Waals surface area contributed by atoms with Crippen LogP contribution in [0.3, 0.4) is 0 Å². The summed E-state index contributed by atoms with van der Waals surface area (Å²) in [7, 11) is 0. The number of rotatable bonds is 3. The highest BCUT2D eigenvalue weighted by Crippen LogP contribution is 2.24. The zero-order chi connectivity index (χ0) is 13.0. The minimum Gasteiger partial charge on any atom is -0.336 e. The van der Waals surface area contributed by atoms with Crippen LogP contribution in [-0.4, -0.2) is 34.3 Å². The lowest BCUT2D eigenvalue weighted by molar-refractivity contribution is 0.0609. The molecule has 0 spiro atoms. The summed E-state index contributed by atoms with van der Waals surface area (Å²) in [6.07, 6.45) is 7.19. The molecule has 1 aliphatic heterocycles. The van der Waals surface area contributed by atoms with Crippen LogP contribution in [0.2, 0.25) is 5.02 Å². The second-order valence-corrected chi connectivity index (χ2v) is 5.27. The Morgan fingerprint density at radius 2 is 2.33 bits per heavy atom.